The Morgan fingerprint density at radius 1 is 0.967 bits per heavy atom. The minimum absolute atomic E-state index is 0.0165. The molecule has 0 fully saturated rings. The van der Waals surface area contributed by atoms with Crippen LogP contribution in [0.4, 0.5) is 0 Å². The van der Waals surface area contributed by atoms with Crippen LogP contribution < -0.4 is 9.47 Å². The summed E-state index contributed by atoms with van der Waals surface area (Å²) in [6.07, 6.45) is 7.60. The van der Waals surface area contributed by atoms with E-state index in [9.17, 15) is 9.59 Å². The predicted molar refractivity (Wildman–Crippen MR) is 111 cm³/mol. The van der Waals surface area contributed by atoms with Gasteiger partial charge in [-0.05, 0) is 47.5 Å². The van der Waals surface area contributed by atoms with Crippen molar-refractivity contribution in [3.63, 3.8) is 0 Å². The van der Waals surface area contributed by atoms with Crippen LogP contribution in [0.15, 0.2) is 61.2 Å². The van der Waals surface area contributed by atoms with Gasteiger partial charge in [0, 0.05) is 61.1 Å². The molecule has 3 heterocycles. The molecule has 0 amide bonds. The molecule has 6 nitrogen and oxygen atoms in total. The first kappa shape index (κ1) is 19.8. The van der Waals surface area contributed by atoms with Gasteiger partial charge in [0.2, 0.25) is 0 Å². The van der Waals surface area contributed by atoms with Crippen molar-refractivity contribution in [1.82, 2.24) is 9.97 Å². The maximum absolute atomic E-state index is 13.1. The summed E-state index contributed by atoms with van der Waals surface area (Å²) < 4.78 is 11.3. The molecule has 3 aromatic rings. The van der Waals surface area contributed by atoms with E-state index in [1.807, 2.05) is 24.3 Å². The molecule has 1 atom stereocenters. The van der Waals surface area contributed by atoms with Crippen LogP contribution in [0.3, 0.4) is 0 Å². The second-order valence-electron chi connectivity index (χ2n) is 7.30. The number of ketones is 2. The Labute approximate surface area is 174 Å². The van der Waals surface area contributed by atoms with Gasteiger partial charge in [-0.15, -0.1) is 0 Å². The van der Waals surface area contributed by atoms with Gasteiger partial charge in [-0.25, -0.2) is 0 Å². The third-order valence-corrected chi connectivity index (χ3v) is 5.26. The minimum Gasteiger partial charge on any atom is -0.493 e. The number of rotatable bonds is 8. The SMILES string of the molecule is COc1ccc(C(=O)Cc2ccncc2)c2c1OCC2CC(=O)Cc1ccncc1. The summed E-state index contributed by atoms with van der Waals surface area (Å²) in [7, 11) is 1.57. The van der Waals surface area contributed by atoms with Crippen LogP contribution in [0.5, 0.6) is 11.5 Å². The van der Waals surface area contributed by atoms with E-state index in [1.165, 1.54) is 0 Å². The lowest BCUT2D eigenvalue weighted by atomic mass is 9.87. The molecule has 0 bridgehead atoms. The molecule has 4 rings (SSSR count). The van der Waals surface area contributed by atoms with E-state index >= 15 is 0 Å². The number of methoxy groups -OCH3 is 1. The number of carbonyl (C=O) groups excluding carboxylic acids is 2. The summed E-state index contributed by atoms with van der Waals surface area (Å²) in [5.41, 5.74) is 3.18. The average molecular weight is 402 g/mol. The van der Waals surface area contributed by atoms with E-state index < -0.39 is 0 Å². The van der Waals surface area contributed by atoms with Crippen LogP contribution in [0.2, 0.25) is 0 Å². The van der Waals surface area contributed by atoms with Gasteiger partial charge in [0.1, 0.15) is 5.78 Å². The summed E-state index contributed by atoms with van der Waals surface area (Å²) >= 11 is 0. The molecule has 152 valence electrons. The first-order valence-electron chi connectivity index (χ1n) is 9.82. The molecule has 1 aliphatic rings. The van der Waals surface area contributed by atoms with Crippen LogP contribution in [0, 0.1) is 0 Å². The van der Waals surface area contributed by atoms with Crippen molar-refractivity contribution in [2.75, 3.05) is 13.7 Å². The summed E-state index contributed by atoms with van der Waals surface area (Å²) in [6.45, 7) is 0.354. The van der Waals surface area contributed by atoms with E-state index in [-0.39, 0.29) is 23.9 Å². The molecule has 1 aliphatic heterocycles. The summed E-state index contributed by atoms with van der Waals surface area (Å²) in [6, 6.07) is 10.9. The standard InChI is InChI=1S/C24H22N2O4/c1-29-22-3-2-20(21(28)13-17-6-10-26-11-7-17)23-18(15-30-24(22)23)14-19(27)12-16-4-8-25-9-5-16/h2-11,18H,12-15H2,1H3. The molecule has 0 spiro atoms. The van der Waals surface area contributed by atoms with Crippen molar-refractivity contribution in [3.05, 3.63) is 83.4 Å². The monoisotopic (exact) mass is 402 g/mol. The quantitative estimate of drug-likeness (QED) is 0.536. The highest BCUT2D eigenvalue weighted by Crippen LogP contribution is 2.45. The highest BCUT2D eigenvalue weighted by molar-refractivity contribution is 6.00. The van der Waals surface area contributed by atoms with E-state index in [2.05, 4.69) is 9.97 Å². The third kappa shape index (κ3) is 4.22. The van der Waals surface area contributed by atoms with Crippen molar-refractivity contribution < 1.29 is 19.1 Å². The fourth-order valence-electron chi connectivity index (χ4n) is 3.82. The number of fused-ring (bicyclic) bond motifs is 1. The molecule has 1 aromatic carbocycles. The average Bonchev–Trinajstić information content (AvgIpc) is 3.18. The van der Waals surface area contributed by atoms with Gasteiger partial charge >= 0.3 is 0 Å². The third-order valence-electron chi connectivity index (χ3n) is 5.26. The number of nitrogens with zero attached hydrogens (tertiary/aromatic N) is 2. The van der Waals surface area contributed by atoms with Crippen molar-refractivity contribution >= 4 is 11.6 Å². The molecular weight excluding hydrogens is 380 g/mol. The Hall–Kier alpha value is -3.54. The lowest BCUT2D eigenvalue weighted by Gasteiger charge is -2.14. The van der Waals surface area contributed by atoms with Crippen LogP contribution in [-0.2, 0) is 17.6 Å². The van der Waals surface area contributed by atoms with Gasteiger partial charge in [0.25, 0.3) is 0 Å². The smallest absolute Gasteiger partial charge is 0.167 e. The zero-order valence-electron chi connectivity index (χ0n) is 16.7. The minimum atomic E-state index is -0.180. The number of carbonyl (C=O) groups is 2. The van der Waals surface area contributed by atoms with E-state index in [4.69, 9.17) is 9.47 Å². The number of ether oxygens (including phenoxy) is 2. The normalized spacial score (nSPS) is 14.6. The molecule has 1 unspecified atom stereocenters. The van der Waals surface area contributed by atoms with Crippen molar-refractivity contribution in [2.45, 2.75) is 25.2 Å². The van der Waals surface area contributed by atoms with Crippen LogP contribution in [0.1, 0.15) is 39.4 Å². The van der Waals surface area contributed by atoms with Gasteiger partial charge in [0.05, 0.1) is 13.7 Å². The topological polar surface area (TPSA) is 78.4 Å². The number of aromatic nitrogens is 2. The number of hydrogen-bond donors (Lipinski definition) is 0. The maximum Gasteiger partial charge on any atom is 0.167 e. The highest BCUT2D eigenvalue weighted by Gasteiger charge is 2.33. The van der Waals surface area contributed by atoms with E-state index in [1.54, 1.807) is 44.0 Å². The van der Waals surface area contributed by atoms with Gasteiger partial charge in [-0.2, -0.15) is 0 Å². The summed E-state index contributed by atoms with van der Waals surface area (Å²) in [4.78, 5) is 33.8. The summed E-state index contributed by atoms with van der Waals surface area (Å²) in [5.74, 6) is 1.05. The van der Waals surface area contributed by atoms with Crippen molar-refractivity contribution in [2.24, 2.45) is 0 Å². The maximum atomic E-state index is 13.1. The Bertz CT molecular complexity index is 1050. The van der Waals surface area contributed by atoms with E-state index in [0.29, 0.717) is 36.5 Å². The van der Waals surface area contributed by atoms with Gasteiger partial charge in [0.15, 0.2) is 17.3 Å². The Morgan fingerprint density at radius 2 is 1.60 bits per heavy atom. The molecule has 30 heavy (non-hydrogen) atoms. The number of Topliss-reactive ketones (excluding diaryl/α,β-unsaturated/α-hetero) is 2. The van der Waals surface area contributed by atoms with Crippen LogP contribution >= 0.6 is 0 Å². The Morgan fingerprint density at radius 3 is 2.23 bits per heavy atom. The molecule has 0 aliphatic carbocycles. The second kappa shape index (κ2) is 8.86. The number of benzene rings is 1. The molecule has 0 saturated carbocycles. The fourth-order valence-corrected chi connectivity index (χ4v) is 3.82. The Kier molecular flexibility index (Phi) is 5.84. The largest absolute Gasteiger partial charge is 0.493 e. The first-order chi connectivity index (χ1) is 14.7. The number of pyridine rings is 2. The van der Waals surface area contributed by atoms with Gasteiger partial charge in [-0.3, -0.25) is 19.6 Å². The zero-order valence-corrected chi connectivity index (χ0v) is 16.7. The van der Waals surface area contributed by atoms with E-state index in [0.717, 1.165) is 16.7 Å². The highest BCUT2D eigenvalue weighted by atomic mass is 16.5. The lowest BCUT2D eigenvalue weighted by Crippen LogP contribution is -2.14. The summed E-state index contributed by atoms with van der Waals surface area (Å²) in [5, 5.41) is 0. The van der Waals surface area contributed by atoms with Gasteiger partial charge < -0.3 is 9.47 Å². The van der Waals surface area contributed by atoms with Crippen molar-refractivity contribution in [1.29, 1.82) is 0 Å². The first-order valence-corrected chi connectivity index (χ1v) is 9.82. The molecule has 0 radical (unpaired) electrons. The predicted octanol–water partition coefficient (Wildman–Crippen LogP) is 3.59. The molecule has 0 N–H and O–H groups in total. The van der Waals surface area contributed by atoms with Crippen molar-refractivity contribution in [3.8, 4) is 11.5 Å². The van der Waals surface area contributed by atoms with Crippen LogP contribution in [0.25, 0.3) is 0 Å². The van der Waals surface area contributed by atoms with Gasteiger partial charge in [-0.1, -0.05) is 0 Å². The fraction of sp³-hybridized carbons (Fsp3) is 0.250. The Balaban J connectivity index is 1.59. The number of hydrogen-bond acceptors (Lipinski definition) is 6. The zero-order chi connectivity index (χ0) is 20.9. The van der Waals surface area contributed by atoms with Crippen LogP contribution in [-0.4, -0.2) is 35.3 Å². The molecule has 0 saturated heterocycles. The molecular formula is C24H22N2O4. The molecule has 2 aromatic heterocycles. The second-order valence-corrected chi connectivity index (χ2v) is 7.30. The lowest BCUT2D eigenvalue weighted by molar-refractivity contribution is -0.118. The molecule has 6 heteroatoms.